The molecule has 0 aliphatic carbocycles. The summed E-state index contributed by atoms with van der Waals surface area (Å²) in [6, 6.07) is 8.69. The Bertz CT molecular complexity index is 850. The second-order valence-electron chi connectivity index (χ2n) is 7.28. The first-order chi connectivity index (χ1) is 12.8. The summed E-state index contributed by atoms with van der Waals surface area (Å²) in [6.45, 7) is 7.50. The lowest BCUT2D eigenvalue weighted by Crippen LogP contribution is -2.38. The Labute approximate surface area is 164 Å². The highest BCUT2D eigenvalue weighted by molar-refractivity contribution is 6.34. The SMILES string of the molecule is Cc1cc(C)c(NC(=O)c2cccc(C(=O)N3CCC(C)CC3)n2)c(Cl)c1. The minimum atomic E-state index is -0.384. The van der Waals surface area contributed by atoms with E-state index in [0.29, 0.717) is 22.3 Å². The fourth-order valence-electron chi connectivity index (χ4n) is 3.31. The highest BCUT2D eigenvalue weighted by Crippen LogP contribution is 2.27. The summed E-state index contributed by atoms with van der Waals surface area (Å²) >= 11 is 6.27. The van der Waals surface area contributed by atoms with Crippen LogP contribution >= 0.6 is 11.6 Å². The summed E-state index contributed by atoms with van der Waals surface area (Å²) in [4.78, 5) is 31.4. The van der Waals surface area contributed by atoms with Gasteiger partial charge in [0.2, 0.25) is 0 Å². The van der Waals surface area contributed by atoms with Gasteiger partial charge >= 0.3 is 0 Å². The molecule has 5 nitrogen and oxygen atoms in total. The number of benzene rings is 1. The molecule has 27 heavy (non-hydrogen) atoms. The Kier molecular flexibility index (Phi) is 5.80. The number of carbonyl (C=O) groups is 2. The molecule has 2 amide bonds. The fourth-order valence-corrected chi connectivity index (χ4v) is 3.67. The van der Waals surface area contributed by atoms with Gasteiger partial charge in [-0.2, -0.15) is 0 Å². The van der Waals surface area contributed by atoms with E-state index in [-0.39, 0.29) is 17.5 Å². The van der Waals surface area contributed by atoms with Crippen molar-refractivity contribution in [3.8, 4) is 0 Å². The van der Waals surface area contributed by atoms with Crippen LogP contribution in [0.4, 0.5) is 5.69 Å². The van der Waals surface area contributed by atoms with Crippen LogP contribution in [0.5, 0.6) is 0 Å². The van der Waals surface area contributed by atoms with Crippen molar-refractivity contribution in [3.05, 3.63) is 57.9 Å². The van der Waals surface area contributed by atoms with Gasteiger partial charge in [-0.3, -0.25) is 9.59 Å². The molecule has 0 unspecified atom stereocenters. The quantitative estimate of drug-likeness (QED) is 0.847. The van der Waals surface area contributed by atoms with Crippen LogP contribution in [0, 0.1) is 19.8 Å². The zero-order valence-corrected chi connectivity index (χ0v) is 16.6. The third kappa shape index (κ3) is 4.48. The van der Waals surface area contributed by atoms with Crippen LogP contribution in [-0.2, 0) is 0 Å². The van der Waals surface area contributed by atoms with Gasteiger partial charge in [0.25, 0.3) is 11.8 Å². The van der Waals surface area contributed by atoms with Gasteiger partial charge < -0.3 is 10.2 Å². The van der Waals surface area contributed by atoms with E-state index in [4.69, 9.17) is 11.6 Å². The second-order valence-corrected chi connectivity index (χ2v) is 7.68. The van der Waals surface area contributed by atoms with Crippen LogP contribution in [0.25, 0.3) is 0 Å². The zero-order valence-electron chi connectivity index (χ0n) is 15.9. The number of aryl methyl sites for hydroxylation is 2. The maximum Gasteiger partial charge on any atom is 0.274 e. The van der Waals surface area contributed by atoms with Crippen LogP contribution < -0.4 is 5.32 Å². The van der Waals surface area contributed by atoms with Crippen molar-refractivity contribution in [2.75, 3.05) is 18.4 Å². The molecule has 6 heteroatoms. The number of amides is 2. The Balaban J connectivity index is 1.77. The lowest BCUT2D eigenvalue weighted by molar-refractivity contribution is 0.0691. The van der Waals surface area contributed by atoms with E-state index >= 15 is 0 Å². The number of hydrogen-bond donors (Lipinski definition) is 1. The van der Waals surface area contributed by atoms with Gasteiger partial charge in [0.05, 0.1) is 10.7 Å². The van der Waals surface area contributed by atoms with Gasteiger partial charge in [0, 0.05) is 13.1 Å². The molecule has 0 saturated carbocycles. The number of aromatic nitrogens is 1. The molecule has 1 fully saturated rings. The number of nitrogens with zero attached hydrogens (tertiary/aromatic N) is 2. The predicted octanol–water partition coefficient (Wildman–Crippen LogP) is 4.48. The second kappa shape index (κ2) is 8.09. The third-order valence-electron chi connectivity index (χ3n) is 4.94. The zero-order chi connectivity index (χ0) is 19.6. The molecule has 0 bridgehead atoms. The summed E-state index contributed by atoms with van der Waals surface area (Å²) in [6.07, 6.45) is 1.99. The minimum Gasteiger partial charge on any atom is -0.337 e. The first kappa shape index (κ1) is 19.4. The fraction of sp³-hybridized carbons (Fsp3) is 0.381. The molecule has 1 saturated heterocycles. The summed E-state index contributed by atoms with van der Waals surface area (Å²) in [5.74, 6) is 0.133. The number of anilines is 1. The van der Waals surface area contributed by atoms with Crippen LogP contribution in [0.2, 0.25) is 5.02 Å². The molecule has 142 valence electrons. The van der Waals surface area contributed by atoms with Gasteiger partial charge in [-0.05, 0) is 61.9 Å². The molecule has 0 atom stereocenters. The van der Waals surface area contributed by atoms with Crippen molar-refractivity contribution in [1.29, 1.82) is 0 Å². The number of nitrogens with one attached hydrogen (secondary N) is 1. The Morgan fingerprint density at radius 3 is 2.48 bits per heavy atom. The molecular weight excluding hydrogens is 362 g/mol. The normalized spacial score (nSPS) is 14.9. The average molecular weight is 386 g/mol. The van der Waals surface area contributed by atoms with Crippen molar-refractivity contribution < 1.29 is 9.59 Å². The van der Waals surface area contributed by atoms with Crippen molar-refractivity contribution in [3.63, 3.8) is 0 Å². The number of hydrogen-bond acceptors (Lipinski definition) is 3. The van der Waals surface area contributed by atoms with E-state index in [9.17, 15) is 9.59 Å². The Hall–Kier alpha value is -2.40. The highest BCUT2D eigenvalue weighted by Gasteiger charge is 2.23. The number of likely N-dealkylation sites (tertiary alicyclic amines) is 1. The molecule has 1 aliphatic rings. The minimum absolute atomic E-state index is 0.124. The molecule has 1 aliphatic heterocycles. The number of rotatable bonds is 3. The molecule has 2 aromatic rings. The Morgan fingerprint density at radius 2 is 1.81 bits per heavy atom. The molecule has 0 spiro atoms. The Morgan fingerprint density at radius 1 is 1.15 bits per heavy atom. The molecular formula is C21H24ClN3O2. The molecule has 1 N–H and O–H groups in total. The van der Waals surface area contributed by atoms with Crippen LogP contribution in [0.3, 0.4) is 0 Å². The first-order valence-corrected chi connectivity index (χ1v) is 9.57. The molecule has 0 radical (unpaired) electrons. The van der Waals surface area contributed by atoms with E-state index in [1.54, 1.807) is 24.3 Å². The summed E-state index contributed by atoms with van der Waals surface area (Å²) in [5, 5.41) is 3.30. The lowest BCUT2D eigenvalue weighted by atomic mass is 9.99. The van der Waals surface area contributed by atoms with E-state index < -0.39 is 0 Å². The monoisotopic (exact) mass is 385 g/mol. The van der Waals surface area contributed by atoms with Gasteiger partial charge in [-0.25, -0.2) is 4.98 Å². The largest absolute Gasteiger partial charge is 0.337 e. The van der Waals surface area contributed by atoms with E-state index in [1.165, 1.54) is 0 Å². The number of piperidine rings is 1. The van der Waals surface area contributed by atoms with Crippen LogP contribution in [-0.4, -0.2) is 34.8 Å². The molecule has 1 aromatic heterocycles. The molecule has 2 heterocycles. The van der Waals surface area contributed by atoms with Crippen molar-refractivity contribution in [2.45, 2.75) is 33.6 Å². The smallest absolute Gasteiger partial charge is 0.274 e. The third-order valence-corrected chi connectivity index (χ3v) is 5.24. The standard InChI is InChI=1S/C21H24ClN3O2/c1-13-7-9-25(10-8-13)21(27)18-6-4-5-17(23-18)20(26)24-19-15(3)11-14(2)12-16(19)22/h4-6,11-13H,7-10H2,1-3H3,(H,24,26). The summed E-state index contributed by atoms with van der Waals surface area (Å²) < 4.78 is 0. The molecule has 1 aromatic carbocycles. The van der Waals surface area contributed by atoms with E-state index in [2.05, 4.69) is 17.2 Å². The maximum atomic E-state index is 12.7. The molecule has 3 rings (SSSR count). The average Bonchev–Trinajstić information content (AvgIpc) is 2.64. The summed E-state index contributed by atoms with van der Waals surface area (Å²) in [7, 11) is 0. The lowest BCUT2D eigenvalue weighted by Gasteiger charge is -2.30. The van der Waals surface area contributed by atoms with Crippen molar-refractivity contribution in [1.82, 2.24) is 9.88 Å². The van der Waals surface area contributed by atoms with Crippen LogP contribution in [0.1, 0.15) is 51.9 Å². The highest BCUT2D eigenvalue weighted by atomic mass is 35.5. The number of pyridine rings is 1. The first-order valence-electron chi connectivity index (χ1n) is 9.19. The number of halogens is 1. The van der Waals surface area contributed by atoms with E-state index in [1.807, 2.05) is 24.8 Å². The van der Waals surface area contributed by atoms with Gasteiger partial charge in [-0.15, -0.1) is 0 Å². The predicted molar refractivity (Wildman–Crippen MR) is 107 cm³/mol. The van der Waals surface area contributed by atoms with Crippen molar-refractivity contribution >= 4 is 29.1 Å². The van der Waals surface area contributed by atoms with Crippen LogP contribution in [0.15, 0.2) is 30.3 Å². The van der Waals surface area contributed by atoms with Gasteiger partial charge in [0.1, 0.15) is 11.4 Å². The topological polar surface area (TPSA) is 62.3 Å². The van der Waals surface area contributed by atoms with Crippen molar-refractivity contribution in [2.24, 2.45) is 5.92 Å². The summed E-state index contributed by atoms with van der Waals surface area (Å²) in [5.41, 5.74) is 2.96. The van der Waals surface area contributed by atoms with Gasteiger partial charge in [0.15, 0.2) is 0 Å². The maximum absolute atomic E-state index is 12.7. The van der Waals surface area contributed by atoms with E-state index in [0.717, 1.165) is 37.1 Å². The number of carbonyl (C=O) groups excluding carboxylic acids is 2. The van der Waals surface area contributed by atoms with Gasteiger partial charge in [-0.1, -0.05) is 30.7 Å².